The molecule has 0 amide bonds. The molecule has 1 heterocycles. The van der Waals surface area contributed by atoms with Crippen LogP contribution in [0.2, 0.25) is 5.02 Å². The maximum atomic E-state index is 13.7. The third-order valence-corrected chi connectivity index (χ3v) is 4.59. The quantitative estimate of drug-likeness (QED) is 0.838. The van der Waals surface area contributed by atoms with Crippen LogP contribution in [0.3, 0.4) is 0 Å². The summed E-state index contributed by atoms with van der Waals surface area (Å²) in [6, 6.07) is 3.28. The van der Waals surface area contributed by atoms with Gasteiger partial charge in [-0.1, -0.05) is 31.9 Å². The largest absolute Gasteiger partial charge is 0.369 e. The molecule has 0 saturated heterocycles. The standard InChI is InChI=1S/C15H19ClFN3/c1-15(2)5-3-4-9(8-15)20-13-7-11(17)10(16)6-12(13)19-14(20)18/h6-7,9H,3-5,8H2,1-2H3,(H2,18,19). The first-order chi connectivity index (χ1) is 9.37. The number of anilines is 1. The van der Waals surface area contributed by atoms with E-state index in [0.29, 0.717) is 11.5 Å². The van der Waals surface area contributed by atoms with Crippen LogP contribution in [0, 0.1) is 11.2 Å². The molecule has 0 radical (unpaired) electrons. The van der Waals surface area contributed by atoms with E-state index >= 15 is 0 Å². The molecule has 2 N–H and O–H groups in total. The number of hydrogen-bond acceptors (Lipinski definition) is 2. The molecule has 1 unspecified atom stereocenters. The highest BCUT2D eigenvalue weighted by molar-refractivity contribution is 6.31. The molecule has 1 aliphatic carbocycles. The van der Waals surface area contributed by atoms with E-state index in [1.54, 1.807) is 6.07 Å². The first-order valence-corrected chi connectivity index (χ1v) is 7.38. The molecule has 1 atom stereocenters. The van der Waals surface area contributed by atoms with Gasteiger partial charge in [0.25, 0.3) is 0 Å². The number of nitrogen functional groups attached to an aromatic ring is 1. The van der Waals surface area contributed by atoms with Crippen LogP contribution in [-0.4, -0.2) is 9.55 Å². The zero-order valence-electron chi connectivity index (χ0n) is 11.8. The Morgan fingerprint density at radius 3 is 2.90 bits per heavy atom. The molecule has 3 nitrogen and oxygen atoms in total. The van der Waals surface area contributed by atoms with Crippen LogP contribution in [0.15, 0.2) is 12.1 Å². The number of benzene rings is 1. The maximum absolute atomic E-state index is 13.7. The first-order valence-electron chi connectivity index (χ1n) is 7.00. The van der Waals surface area contributed by atoms with Crippen molar-refractivity contribution in [2.45, 2.75) is 45.6 Å². The van der Waals surface area contributed by atoms with Gasteiger partial charge in [-0.3, -0.25) is 0 Å². The lowest BCUT2D eigenvalue weighted by Gasteiger charge is -2.36. The highest BCUT2D eigenvalue weighted by Crippen LogP contribution is 2.43. The van der Waals surface area contributed by atoms with E-state index in [0.717, 1.165) is 24.8 Å². The van der Waals surface area contributed by atoms with Crippen molar-refractivity contribution in [2.75, 3.05) is 5.73 Å². The molecule has 0 bridgehead atoms. The molecule has 0 aliphatic heterocycles. The van der Waals surface area contributed by atoms with E-state index in [9.17, 15) is 4.39 Å². The molecule has 1 fully saturated rings. The van der Waals surface area contributed by atoms with Gasteiger partial charge >= 0.3 is 0 Å². The Bertz CT molecular complexity index is 663. The van der Waals surface area contributed by atoms with E-state index in [-0.39, 0.29) is 16.5 Å². The van der Waals surface area contributed by atoms with E-state index in [4.69, 9.17) is 17.3 Å². The van der Waals surface area contributed by atoms with Gasteiger partial charge in [0.2, 0.25) is 5.95 Å². The lowest BCUT2D eigenvalue weighted by atomic mass is 9.75. The second-order valence-electron chi connectivity index (χ2n) is 6.51. The molecular formula is C15H19ClFN3. The lowest BCUT2D eigenvalue weighted by Crippen LogP contribution is -2.25. The predicted octanol–water partition coefficient (Wildman–Crippen LogP) is 4.55. The summed E-state index contributed by atoms with van der Waals surface area (Å²) >= 11 is 5.82. The fourth-order valence-electron chi connectivity index (χ4n) is 3.37. The van der Waals surface area contributed by atoms with Crippen LogP contribution < -0.4 is 5.73 Å². The zero-order valence-corrected chi connectivity index (χ0v) is 12.5. The summed E-state index contributed by atoms with van der Waals surface area (Å²) in [5, 5.41) is 0.0890. The average Bonchev–Trinajstić information content (AvgIpc) is 2.64. The molecule has 1 aromatic carbocycles. The minimum Gasteiger partial charge on any atom is -0.369 e. The monoisotopic (exact) mass is 295 g/mol. The van der Waals surface area contributed by atoms with E-state index < -0.39 is 5.82 Å². The number of hydrogen-bond donors (Lipinski definition) is 1. The fourth-order valence-corrected chi connectivity index (χ4v) is 3.53. The summed E-state index contributed by atoms with van der Waals surface area (Å²) in [4.78, 5) is 4.33. The van der Waals surface area contributed by atoms with Crippen molar-refractivity contribution >= 4 is 28.6 Å². The van der Waals surface area contributed by atoms with Gasteiger partial charge in [0.15, 0.2) is 0 Å². The summed E-state index contributed by atoms with van der Waals surface area (Å²) in [7, 11) is 0. The van der Waals surface area contributed by atoms with Gasteiger partial charge in [-0.2, -0.15) is 0 Å². The van der Waals surface area contributed by atoms with E-state index in [1.807, 2.05) is 4.57 Å². The van der Waals surface area contributed by atoms with Crippen LogP contribution >= 0.6 is 11.6 Å². The molecule has 20 heavy (non-hydrogen) atoms. The van der Waals surface area contributed by atoms with Gasteiger partial charge < -0.3 is 10.3 Å². The van der Waals surface area contributed by atoms with Crippen molar-refractivity contribution < 1.29 is 4.39 Å². The Morgan fingerprint density at radius 1 is 1.45 bits per heavy atom. The van der Waals surface area contributed by atoms with Gasteiger partial charge in [0.05, 0.1) is 16.1 Å². The Labute approximate surface area is 122 Å². The normalized spacial score (nSPS) is 22.3. The Morgan fingerprint density at radius 2 is 2.20 bits per heavy atom. The third-order valence-electron chi connectivity index (χ3n) is 4.30. The smallest absolute Gasteiger partial charge is 0.201 e. The summed E-state index contributed by atoms with van der Waals surface area (Å²) in [6.45, 7) is 4.54. The topological polar surface area (TPSA) is 43.8 Å². The number of rotatable bonds is 1. The van der Waals surface area contributed by atoms with Crippen LogP contribution in [-0.2, 0) is 0 Å². The Balaban J connectivity index is 2.11. The predicted molar refractivity (Wildman–Crippen MR) is 80.4 cm³/mol. The van der Waals surface area contributed by atoms with Crippen molar-refractivity contribution in [1.82, 2.24) is 9.55 Å². The van der Waals surface area contributed by atoms with Crippen molar-refractivity contribution in [2.24, 2.45) is 5.41 Å². The fraction of sp³-hybridized carbons (Fsp3) is 0.533. The summed E-state index contributed by atoms with van der Waals surface area (Å²) in [5.74, 6) is 0.0275. The summed E-state index contributed by atoms with van der Waals surface area (Å²) in [6.07, 6.45) is 4.47. The zero-order chi connectivity index (χ0) is 14.5. The Hall–Kier alpha value is -1.29. The molecule has 108 valence electrons. The summed E-state index contributed by atoms with van der Waals surface area (Å²) in [5.41, 5.74) is 7.75. The Kier molecular flexibility index (Phi) is 3.16. The van der Waals surface area contributed by atoms with Crippen LogP contribution in [0.4, 0.5) is 10.3 Å². The lowest BCUT2D eigenvalue weighted by molar-refractivity contribution is 0.187. The van der Waals surface area contributed by atoms with Gasteiger partial charge in [-0.05, 0) is 30.7 Å². The molecule has 1 aliphatic rings. The maximum Gasteiger partial charge on any atom is 0.201 e. The third kappa shape index (κ3) is 2.26. The summed E-state index contributed by atoms with van der Waals surface area (Å²) < 4.78 is 15.7. The molecule has 0 spiro atoms. The highest BCUT2D eigenvalue weighted by atomic mass is 35.5. The minimum atomic E-state index is -0.421. The van der Waals surface area contributed by atoms with Gasteiger partial charge in [-0.25, -0.2) is 9.37 Å². The number of aromatic nitrogens is 2. The molecule has 1 saturated carbocycles. The van der Waals surface area contributed by atoms with E-state index in [1.165, 1.54) is 12.5 Å². The van der Waals surface area contributed by atoms with Crippen molar-refractivity contribution in [3.05, 3.63) is 23.0 Å². The number of nitrogens with zero attached hydrogens (tertiary/aromatic N) is 2. The average molecular weight is 296 g/mol. The number of nitrogens with two attached hydrogens (primary N) is 1. The molecule has 1 aromatic heterocycles. The van der Waals surface area contributed by atoms with Crippen LogP contribution in [0.25, 0.3) is 11.0 Å². The van der Waals surface area contributed by atoms with Crippen molar-refractivity contribution in [1.29, 1.82) is 0 Å². The molecule has 2 aromatic rings. The van der Waals surface area contributed by atoms with Gasteiger partial charge in [0.1, 0.15) is 5.82 Å². The van der Waals surface area contributed by atoms with Crippen molar-refractivity contribution in [3.63, 3.8) is 0 Å². The number of halogens is 2. The number of fused-ring (bicyclic) bond motifs is 1. The highest BCUT2D eigenvalue weighted by Gasteiger charge is 2.30. The van der Waals surface area contributed by atoms with Gasteiger partial charge in [0, 0.05) is 12.1 Å². The molecular weight excluding hydrogens is 277 g/mol. The molecule has 5 heteroatoms. The molecule has 3 rings (SSSR count). The van der Waals surface area contributed by atoms with E-state index in [2.05, 4.69) is 18.8 Å². The van der Waals surface area contributed by atoms with Gasteiger partial charge in [-0.15, -0.1) is 0 Å². The second kappa shape index (κ2) is 4.62. The number of imidazole rings is 1. The minimum absolute atomic E-state index is 0.0890. The van der Waals surface area contributed by atoms with Crippen molar-refractivity contribution in [3.8, 4) is 0 Å². The SMILES string of the molecule is CC1(C)CCCC(n2c(N)nc3cc(Cl)c(F)cc32)C1. The first kappa shape index (κ1) is 13.7. The van der Waals surface area contributed by atoms with Crippen LogP contribution in [0.5, 0.6) is 0 Å². The van der Waals surface area contributed by atoms with Crippen LogP contribution in [0.1, 0.15) is 45.6 Å². The second-order valence-corrected chi connectivity index (χ2v) is 6.92.